The van der Waals surface area contributed by atoms with Crippen LogP contribution in [0.25, 0.3) is 6.08 Å². The average molecular weight is 320 g/mol. The maximum Gasteiger partial charge on any atom is 0.315 e. The van der Waals surface area contributed by atoms with Crippen LogP contribution in [0, 0.1) is 30.6 Å². The first-order valence-corrected chi connectivity index (χ1v) is 7.93. The summed E-state index contributed by atoms with van der Waals surface area (Å²) in [6, 6.07) is 7.72. The third-order valence-electron chi connectivity index (χ3n) is 3.77. The van der Waals surface area contributed by atoms with Gasteiger partial charge >= 0.3 is 5.97 Å². The fourth-order valence-electron chi connectivity index (χ4n) is 2.45. The summed E-state index contributed by atoms with van der Waals surface area (Å²) < 4.78 is 5.57. The predicted molar refractivity (Wildman–Crippen MR) is 100 cm³/mol. The second kappa shape index (κ2) is 9.43. The van der Waals surface area contributed by atoms with Gasteiger partial charge in [-0.05, 0) is 29.5 Å². The zero-order valence-corrected chi connectivity index (χ0v) is 14.6. The number of hydrogen-bond donors (Lipinski definition) is 0. The molecule has 2 unspecified atom stereocenters. The second-order valence-electron chi connectivity index (χ2n) is 5.94. The Balaban J connectivity index is 3.04. The molecule has 0 aliphatic rings. The molecule has 0 saturated carbocycles. The molecule has 0 aromatic heterocycles. The molecule has 0 aliphatic heterocycles. The van der Waals surface area contributed by atoms with Crippen molar-refractivity contribution in [2.45, 2.75) is 39.2 Å². The van der Waals surface area contributed by atoms with Crippen LogP contribution in [-0.4, -0.2) is 12.1 Å². The fourth-order valence-corrected chi connectivity index (χ4v) is 2.45. The molecule has 1 aromatic rings. The van der Waals surface area contributed by atoms with E-state index in [9.17, 15) is 4.79 Å². The second-order valence-corrected chi connectivity index (χ2v) is 5.94. The zero-order valence-electron chi connectivity index (χ0n) is 14.6. The van der Waals surface area contributed by atoms with Gasteiger partial charge in [-0.15, -0.1) is 18.8 Å². The maximum absolute atomic E-state index is 12.7. The Morgan fingerprint density at radius 2 is 2.08 bits per heavy atom. The van der Waals surface area contributed by atoms with E-state index in [1.54, 1.807) is 12.2 Å². The summed E-state index contributed by atoms with van der Waals surface area (Å²) in [6.07, 6.45) is 14.1. The minimum atomic E-state index is -0.699. The lowest BCUT2D eigenvalue weighted by atomic mass is 9.87. The van der Waals surface area contributed by atoms with Gasteiger partial charge in [0, 0.05) is 6.42 Å². The molecule has 124 valence electrons. The molecule has 1 rings (SSSR count). The lowest BCUT2D eigenvalue weighted by molar-refractivity contribution is -0.148. The molecule has 0 heterocycles. The van der Waals surface area contributed by atoms with Gasteiger partial charge in [-0.2, -0.15) is 0 Å². The number of esters is 1. The highest BCUT2D eigenvalue weighted by Crippen LogP contribution is 2.28. The zero-order chi connectivity index (χ0) is 18.1. The van der Waals surface area contributed by atoms with Crippen LogP contribution in [0.3, 0.4) is 0 Å². The van der Waals surface area contributed by atoms with Crippen molar-refractivity contribution in [3.05, 3.63) is 53.6 Å². The predicted octanol–water partition coefficient (Wildman–Crippen LogP) is 4.58. The van der Waals surface area contributed by atoms with E-state index in [2.05, 4.69) is 18.4 Å². The molecular formula is C22H24O2. The lowest BCUT2D eigenvalue weighted by Crippen LogP contribution is -2.26. The van der Waals surface area contributed by atoms with Crippen LogP contribution in [0.5, 0.6) is 0 Å². The lowest BCUT2D eigenvalue weighted by Gasteiger charge is -2.23. The molecule has 0 aliphatic carbocycles. The Morgan fingerprint density at radius 1 is 1.38 bits per heavy atom. The van der Waals surface area contributed by atoms with Crippen molar-refractivity contribution in [3.8, 4) is 24.7 Å². The average Bonchev–Trinajstić information content (AvgIpc) is 2.57. The van der Waals surface area contributed by atoms with E-state index in [0.717, 1.165) is 16.7 Å². The van der Waals surface area contributed by atoms with Crippen molar-refractivity contribution in [1.29, 1.82) is 0 Å². The first-order chi connectivity index (χ1) is 11.4. The highest BCUT2D eigenvalue weighted by molar-refractivity contribution is 5.79. The largest absolute Gasteiger partial charge is 0.444 e. The van der Waals surface area contributed by atoms with Crippen LogP contribution in [0.4, 0.5) is 0 Å². The first-order valence-electron chi connectivity index (χ1n) is 7.93. The Labute approximate surface area is 145 Å². The van der Waals surface area contributed by atoms with Crippen LogP contribution < -0.4 is 0 Å². The minimum absolute atomic E-state index is 0.0750. The van der Waals surface area contributed by atoms with E-state index >= 15 is 0 Å². The summed E-state index contributed by atoms with van der Waals surface area (Å²) in [5.74, 6) is 4.39. The van der Waals surface area contributed by atoms with Crippen LogP contribution in [0.15, 0.2) is 42.5 Å². The number of rotatable bonds is 7. The van der Waals surface area contributed by atoms with E-state index in [1.807, 2.05) is 45.0 Å². The Kier molecular flexibility index (Phi) is 7.60. The topological polar surface area (TPSA) is 26.3 Å². The Morgan fingerprint density at radius 3 is 2.62 bits per heavy atom. The SMILES string of the molecule is C#CC/C=C(\C)C(C#C)OC(=O)C(c1cccc(C=C)c1)C(C)C. The Bertz CT molecular complexity index is 695. The number of benzene rings is 1. The van der Waals surface area contributed by atoms with Crippen LogP contribution >= 0.6 is 0 Å². The normalized spacial score (nSPS) is 13.5. The van der Waals surface area contributed by atoms with Gasteiger partial charge in [0.05, 0.1) is 5.92 Å². The highest BCUT2D eigenvalue weighted by Gasteiger charge is 2.28. The van der Waals surface area contributed by atoms with Crippen molar-refractivity contribution in [3.63, 3.8) is 0 Å². The van der Waals surface area contributed by atoms with Crippen molar-refractivity contribution in [1.82, 2.24) is 0 Å². The Hall–Kier alpha value is -2.71. The van der Waals surface area contributed by atoms with Gasteiger partial charge in [-0.1, -0.05) is 62.8 Å². The van der Waals surface area contributed by atoms with E-state index in [-0.39, 0.29) is 17.8 Å². The molecule has 0 radical (unpaired) electrons. The summed E-state index contributed by atoms with van der Waals surface area (Å²) >= 11 is 0. The number of terminal acetylenes is 2. The molecule has 0 bridgehead atoms. The number of ether oxygens (including phenoxy) is 1. The third kappa shape index (κ3) is 5.18. The van der Waals surface area contributed by atoms with Crippen molar-refractivity contribution in [2.24, 2.45) is 5.92 Å². The molecule has 2 atom stereocenters. The summed E-state index contributed by atoms with van der Waals surface area (Å²) in [6.45, 7) is 9.55. The van der Waals surface area contributed by atoms with E-state index < -0.39 is 6.10 Å². The molecule has 2 heteroatoms. The van der Waals surface area contributed by atoms with Crippen molar-refractivity contribution < 1.29 is 9.53 Å². The molecule has 0 fully saturated rings. The molecule has 1 aromatic carbocycles. The molecule has 2 nitrogen and oxygen atoms in total. The van der Waals surface area contributed by atoms with Gasteiger partial charge in [0.25, 0.3) is 0 Å². The number of allylic oxidation sites excluding steroid dienone is 1. The van der Waals surface area contributed by atoms with Crippen LogP contribution in [-0.2, 0) is 9.53 Å². The molecule has 24 heavy (non-hydrogen) atoms. The molecule has 0 N–H and O–H groups in total. The smallest absolute Gasteiger partial charge is 0.315 e. The number of hydrogen-bond acceptors (Lipinski definition) is 2. The summed E-state index contributed by atoms with van der Waals surface area (Å²) in [5.41, 5.74) is 2.63. The van der Waals surface area contributed by atoms with E-state index in [4.69, 9.17) is 17.6 Å². The summed E-state index contributed by atoms with van der Waals surface area (Å²) in [5, 5.41) is 0. The van der Waals surface area contributed by atoms with Gasteiger partial charge in [-0.25, -0.2) is 0 Å². The third-order valence-corrected chi connectivity index (χ3v) is 3.77. The quantitative estimate of drug-likeness (QED) is 0.417. The molecule has 0 amide bonds. The monoisotopic (exact) mass is 320 g/mol. The number of carbonyl (C=O) groups is 1. The van der Waals surface area contributed by atoms with Gasteiger partial charge in [-0.3, -0.25) is 4.79 Å². The van der Waals surface area contributed by atoms with Crippen LogP contribution in [0.1, 0.15) is 44.2 Å². The highest BCUT2D eigenvalue weighted by atomic mass is 16.5. The van der Waals surface area contributed by atoms with Gasteiger partial charge < -0.3 is 4.74 Å². The van der Waals surface area contributed by atoms with Crippen molar-refractivity contribution in [2.75, 3.05) is 0 Å². The maximum atomic E-state index is 12.7. The van der Waals surface area contributed by atoms with Gasteiger partial charge in [0.1, 0.15) is 0 Å². The van der Waals surface area contributed by atoms with Gasteiger partial charge in [0.15, 0.2) is 6.10 Å². The van der Waals surface area contributed by atoms with Crippen LogP contribution in [0.2, 0.25) is 0 Å². The van der Waals surface area contributed by atoms with E-state index in [0.29, 0.717) is 6.42 Å². The minimum Gasteiger partial charge on any atom is -0.444 e. The molecule has 0 saturated heterocycles. The summed E-state index contributed by atoms with van der Waals surface area (Å²) in [7, 11) is 0. The first kappa shape index (κ1) is 19.3. The summed E-state index contributed by atoms with van der Waals surface area (Å²) in [4.78, 5) is 12.7. The fraction of sp³-hybridized carbons (Fsp3) is 0.318. The van der Waals surface area contributed by atoms with Gasteiger partial charge in [0.2, 0.25) is 0 Å². The van der Waals surface area contributed by atoms with Crippen molar-refractivity contribution >= 4 is 12.0 Å². The van der Waals surface area contributed by atoms with E-state index in [1.165, 1.54) is 0 Å². The standard InChI is InChI=1S/C22H24O2/c1-7-10-12-17(6)20(9-3)24-22(23)21(16(4)5)19-14-11-13-18(8-2)15-19/h1,3,8,11-16,20-21H,2,10H2,4-6H3/b17-12+. The molecular weight excluding hydrogens is 296 g/mol. The molecule has 0 spiro atoms. The number of carbonyl (C=O) groups excluding carboxylic acids is 1.